The molecule has 5 heteroatoms. The lowest BCUT2D eigenvalue weighted by atomic mass is 9.88. The molecule has 2 N–H and O–H groups in total. The molecular weight excluding hydrogens is 308 g/mol. The number of hydrogen-bond donors (Lipinski definition) is 2. The van der Waals surface area contributed by atoms with Crippen LogP contribution in [0, 0.1) is 6.92 Å². The fraction of sp³-hybridized carbons (Fsp3) is 0.333. The summed E-state index contributed by atoms with van der Waals surface area (Å²) in [6, 6.07) is 12.0. The van der Waals surface area contributed by atoms with Crippen LogP contribution in [-0.2, 0) is 11.2 Å². The number of thiophene rings is 1. The van der Waals surface area contributed by atoms with E-state index in [1.807, 2.05) is 25.1 Å². The summed E-state index contributed by atoms with van der Waals surface area (Å²) in [5.74, 6) is -0.337. The van der Waals surface area contributed by atoms with E-state index in [0.717, 1.165) is 24.1 Å². The molecule has 1 atom stereocenters. The van der Waals surface area contributed by atoms with Gasteiger partial charge in [-0.2, -0.15) is 0 Å². The minimum atomic E-state index is -0.192. The van der Waals surface area contributed by atoms with Gasteiger partial charge < -0.3 is 10.6 Å². The van der Waals surface area contributed by atoms with E-state index in [1.165, 1.54) is 22.5 Å². The Bertz CT molecular complexity index is 723. The van der Waals surface area contributed by atoms with Crippen LogP contribution in [0.2, 0.25) is 0 Å². The molecule has 1 heterocycles. The summed E-state index contributed by atoms with van der Waals surface area (Å²) in [7, 11) is 0. The molecule has 0 bridgehead atoms. The normalized spacial score (nSPS) is 16.5. The molecule has 2 aromatic rings. The first kappa shape index (κ1) is 15.7. The minimum Gasteiger partial charge on any atom is -0.348 e. The third-order valence-electron chi connectivity index (χ3n) is 4.08. The Hall–Kier alpha value is -2.14. The first-order chi connectivity index (χ1) is 11.1. The van der Waals surface area contributed by atoms with E-state index in [2.05, 4.69) is 22.8 Å². The quantitative estimate of drug-likeness (QED) is 0.906. The average molecular weight is 328 g/mol. The number of nitrogens with one attached hydrogen (secondary N) is 2. The Morgan fingerprint density at radius 3 is 2.83 bits per heavy atom. The number of hydrogen-bond acceptors (Lipinski definition) is 3. The lowest BCUT2D eigenvalue weighted by molar-refractivity contribution is -0.121. The van der Waals surface area contributed by atoms with Crippen molar-refractivity contribution in [1.29, 1.82) is 0 Å². The topological polar surface area (TPSA) is 58.2 Å². The molecule has 1 aliphatic carbocycles. The fourth-order valence-electron chi connectivity index (χ4n) is 2.95. The highest BCUT2D eigenvalue weighted by atomic mass is 32.1. The Morgan fingerprint density at radius 2 is 2.04 bits per heavy atom. The van der Waals surface area contributed by atoms with Crippen LogP contribution >= 0.6 is 11.3 Å². The van der Waals surface area contributed by atoms with Gasteiger partial charge in [-0.3, -0.25) is 9.59 Å². The second kappa shape index (κ2) is 6.96. The van der Waals surface area contributed by atoms with E-state index >= 15 is 0 Å². The molecule has 1 aliphatic rings. The summed E-state index contributed by atoms with van der Waals surface area (Å²) < 4.78 is 0. The monoisotopic (exact) mass is 328 g/mol. The summed E-state index contributed by atoms with van der Waals surface area (Å²) in [5.41, 5.74) is 2.51. The lowest BCUT2D eigenvalue weighted by Crippen LogP contribution is -2.39. The molecule has 1 aromatic heterocycles. The summed E-state index contributed by atoms with van der Waals surface area (Å²) in [6.45, 7) is 1.96. The summed E-state index contributed by atoms with van der Waals surface area (Å²) in [5, 5.41) is 5.72. The molecule has 120 valence electrons. The molecule has 0 radical (unpaired) electrons. The molecule has 1 unspecified atom stereocenters. The van der Waals surface area contributed by atoms with Crippen LogP contribution in [0.25, 0.3) is 0 Å². The van der Waals surface area contributed by atoms with Crippen LogP contribution in [0.4, 0.5) is 0 Å². The SMILES string of the molecule is Cc1ccc(C(=O)NCC(=O)NC2CCCc3ccccc32)s1. The molecule has 0 fully saturated rings. The maximum absolute atomic E-state index is 12.1. The van der Waals surface area contributed by atoms with Gasteiger partial charge >= 0.3 is 0 Å². The van der Waals surface area contributed by atoms with Crippen molar-refractivity contribution in [3.05, 3.63) is 57.3 Å². The first-order valence-electron chi connectivity index (χ1n) is 7.85. The summed E-state index contributed by atoms with van der Waals surface area (Å²) in [4.78, 5) is 25.8. The maximum atomic E-state index is 12.1. The van der Waals surface area contributed by atoms with Gasteiger partial charge in [-0.1, -0.05) is 24.3 Å². The third kappa shape index (κ3) is 3.79. The van der Waals surface area contributed by atoms with Crippen molar-refractivity contribution in [3.8, 4) is 0 Å². The molecule has 4 nitrogen and oxygen atoms in total. The van der Waals surface area contributed by atoms with Gasteiger partial charge in [0.1, 0.15) is 0 Å². The standard InChI is InChI=1S/C18H20N2O2S/c1-12-9-10-16(23-12)18(22)19-11-17(21)20-15-8-4-6-13-5-2-3-7-14(13)15/h2-3,5,7,9-10,15H,4,6,8,11H2,1H3,(H,19,22)(H,20,21). The Balaban J connectivity index is 1.55. The zero-order valence-electron chi connectivity index (χ0n) is 13.1. The fourth-order valence-corrected chi connectivity index (χ4v) is 3.74. The predicted octanol–water partition coefficient (Wildman–Crippen LogP) is 2.98. The van der Waals surface area contributed by atoms with Crippen molar-refractivity contribution >= 4 is 23.2 Å². The molecule has 1 aromatic carbocycles. The molecule has 0 saturated heterocycles. The average Bonchev–Trinajstić information content (AvgIpc) is 2.99. The van der Waals surface area contributed by atoms with Crippen molar-refractivity contribution in [1.82, 2.24) is 10.6 Å². The predicted molar refractivity (Wildman–Crippen MR) is 91.7 cm³/mol. The number of rotatable bonds is 4. The van der Waals surface area contributed by atoms with E-state index in [4.69, 9.17) is 0 Å². The number of fused-ring (bicyclic) bond motifs is 1. The molecule has 0 saturated carbocycles. The largest absolute Gasteiger partial charge is 0.348 e. The van der Waals surface area contributed by atoms with Gasteiger partial charge in [0.25, 0.3) is 5.91 Å². The highest BCUT2D eigenvalue weighted by molar-refractivity contribution is 7.13. The Morgan fingerprint density at radius 1 is 1.22 bits per heavy atom. The second-order valence-electron chi connectivity index (χ2n) is 5.80. The molecule has 3 rings (SSSR count). The van der Waals surface area contributed by atoms with E-state index in [-0.39, 0.29) is 24.4 Å². The molecule has 2 amide bonds. The molecular formula is C18H20N2O2S. The van der Waals surface area contributed by atoms with Gasteiger partial charge in [-0.15, -0.1) is 11.3 Å². The van der Waals surface area contributed by atoms with E-state index in [0.29, 0.717) is 4.88 Å². The van der Waals surface area contributed by atoms with Gasteiger partial charge in [0.05, 0.1) is 17.5 Å². The molecule has 0 spiro atoms. The van der Waals surface area contributed by atoms with Crippen molar-refractivity contribution in [2.24, 2.45) is 0 Å². The number of carbonyl (C=O) groups is 2. The molecule has 0 aliphatic heterocycles. The van der Waals surface area contributed by atoms with Gasteiger partial charge in [0.2, 0.25) is 5.91 Å². The van der Waals surface area contributed by atoms with Crippen LogP contribution in [0.5, 0.6) is 0 Å². The zero-order valence-corrected chi connectivity index (χ0v) is 13.9. The van der Waals surface area contributed by atoms with E-state index in [9.17, 15) is 9.59 Å². The van der Waals surface area contributed by atoms with Gasteiger partial charge in [0, 0.05) is 4.88 Å². The van der Waals surface area contributed by atoms with Crippen molar-refractivity contribution in [3.63, 3.8) is 0 Å². The molecule has 23 heavy (non-hydrogen) atoms. The maximum Gasteiger partial charge on any atom is 0.261 e. The Kier molecular flexibility index (Phi) is 4.76. The first-order valence-corrected chi connectivity index (χ1v) is 8.67. The number of benzene rings is 1. The van der Waals surface area contributed by atoms with Gasteiger partial charge in [-0.05, 0) is 49.4 Å². The van der Waals surface area contributed by atoms with Crippen molar-refractivity contribution in [2.75, 3.05) is 6.54 Å². The summed E-state index contributed by atoms with van der Waals surface area (Å²) in [6.07, 6.45) is 3.08. The number of amides is 2. The van der Waals surface area contributed by atoms with Crippen LogP contribution in [-0.4, -0.2) is 18.4 Å². The van der Waals surface area contributed by atoms with Gasteiger partial charge in [0.15, 0.2) is 0 Å². The van der Waals surface area contributed by atoms with E-state index in [1.54, 1.807) is 6.07 Å². The van der Waals surface area contributed by atoms with Crippen LogP contribution in [0.3, 0.4) is 0 Å². The Labute approximate surface area is 139 Å². The second-order valence-corrected chi connectivity index (χ2v) is 7.09. The zero-order chi connectivity index (χ0) is 16.2. The highest BCUT2D eigenvalue weighted by Gasteiger charge is 2.21. The highest BCUT2D eigenvalue weighted by Crippen LogP contribution is 2.29. The smallest absolute Gasteiger partial charge is 0.261 e. The van der Waals surface area contributed by atoms with Gasteiger partial charge in [-0.25, -0.2) is 0 Å². The van der Waals surface area contributed by atoms with Crippen LogP contribution < -0.4 is 10.6 Å². The number of carbonyl (C=O) groups excluding carboxylic acids is 2. The van der Waals surface area contributed by atoms with Crippen LogP contribution in [0.15, 0.2) is 36.4 Å². The minimum absolute atomic E-state index is 0.00838. The van der Waals surface area contributed by atoms with Crippen molar-refractivity contribution in [2.45, 2.75) is 32.2 Å². The van der Waals surface area contributed by atoms with E-state index < -0.39 is 0 Å². The summed E-state index contributed by atoms with van der Waals surface area (Å²) >= 11 is 1.43. The number of aryl methyl sites for hydroxylation is 2. The van der Waals surface area contributed by atoms with Crippen molar-refractivity contribution < 1.29 is 9.59 Å². The van der Waals surface area contributed by atoms with Crippen LogP contribution in [0.1, 0.15) is 44.6 Å². The third-order valence-corrected chi connectivity index (χ3v) is 5.08. The lowest BCUT2D eigenvalue weighted by Gasteiger charge is -2.26.